The van der Waals surface area contributed by atoms with Crippen molar-refractivity contribution in [3.05, 3.63) is 35.5 Å². The largest absolute Gasteiger partial charge is 0.354 e. The van der Waals surface area contributed by atoms with Crippen LogP contribution < -0.4 is 10.2 Å². The molecule has 1 atom stereocenters. The van der Waals surface area contributed by atoms with Crippen molar-refractivity contribution in [1.29, 1.82) is 0 Å². The number of aryl methyl sites for hydroxylation is 1. The molecule has 2 aromatic rings. The predicted octanol–water partition coefficient (Wildman–Crippen LogP) is 3.08. The lowest BCUT2D eigenvalue weighted by Crippen LogP contribution is -2.27. The normalized spacial score (nSPS) is 20.3. The molecule has 2 aliphatic rings. The zero-order valence-electron chi connectivity index (χ0n) is 14.0. The summed E-state index contributed by atoms with van der Waals surface area (Å²) in [4.78, 5) is 19.2. The molecule has 1 aliphatic carbocycles. The Bertz CT molecular complexity index is 744. The lowest BCUT2D eigenvalue weighted by atomic mass is 10.3. The summed E-state index contributed by atoms with van der Waals surface area (Å²) in [6.45, 7) is 3.36. The molecule has 8 heteroatoms. The van der Waals surface area contributed by atoms with Crippen LogP contribution in [-0.4, -0.2) is 39.1 Å². The summed E-state index contributed by atoms with van der Waals surface area (Å²) in [6.07, 6.45) is 2.00. The van der Waals surface area contributed by atoms with E-state index in [-0.39, 0.29) is 17.7 Å². The fraction of sp³-hybridized carbons (Fsp3) is 0.529. The number of aromatic nitrogens is 4. The molecule has 132 valence electrons. The highest BCUT2D eigenvalue weighted by Crippen LogP contribution is 2.39. The maximum absolute atomic E-state index is 13.2. The second-order valence-corrected chi connectivity index (χ2v) is 6.68. The van der Waals surface area contributed by atoms with Crippen molar-refractivity contribution in [3.63, 3.8) is 0 Å². The van der Waals surface area contributed by atoms with Gasteiger partial charge < -0.3 is 10.2 Å². The Labute approximate surface area is 144 Å². The molecule has 2 fully saturated rings. The van der Waals surface area contributed by atoms with E-state index in [9.17, 15) is 8.78 Å². The van der Waals surface area contributed by atoms with Crippen LogP contribution in [-0.2, 0) is 0 Å². The Balaban J connectivity index is 1.49. The molecule has 3 heterocycles. The van der Waals surface area contributed by atoms with Gasteiger partial charge in [0.15, 0.2) is 0 Å². The third kappa shape index (κ3) is 3.67. The number of anilines is 2. The first kappa shape index (κ1) is 16.1. The summed E-state index contributed by atoms with van der Waals surface area (Å²) >= 11 is 0. The molecule has 6 nitrogen and oxygen atoms in total. The second kappa shape index (κ2) is 6.50. The fourth-order valence-corrected chi connectivity index (χ4v) is 3.06. The van der Waals surface area contributed by atoms with Crippen molar-refractivity contribution in [2.75, 3.05) is 23.3 Å². The number of rotatable bonds is 5. The maximum Gasteiger partial charge on any atom is 0.280 e. The van der Waals surface area contributed by atoms with Gasteiger partial charge in [-0.15, -0.1) is 0 Å². The average molecular weight is 346 g/mol. The Morgan fingerprint density at radius 1 is 1.20 bits per heavy atom. The van der Waals surface area contributed by atoms with Crippen LogP contribution >= 0.6 is 0 Å². The van der Waals surface area contributed by atoms with Gasteiger partial charge in [0.25, 0.3) is 6.43 Å². The van der Waals surface area contributed by atoms with Gasteiger partial charge in [0.2, 0.25) is 5.95 Å². The summed E-state index contributed by atoms with van der Waals surface area (Å²) in [5.41, 5.74) is 0.726. The quantitative estimate of drug-likeness (QED) is 0.897. The second-order valence-electron chi connectivity index (χ2n) is 6.68. The van der Waals surface area contributed by atoms with E-state index in [0.29, 0.717) is 24.1 Å². The minimum atomic E-state index is -2.57. The predicted molar refractivity (Wildman–Crippen MR) is 90.0 cm³/mol. The standard InChI is InChI=1S/C17H20F2N6/c1-10-4-6-20-17(21-10)22-12-5-7-25(9-12)14-8-13(15(18)19)23-16(24-14)11-2-3-11/h4,6,8,11-12,15H,2-3,5,7,9H2,1H3,(H,20,21,22). The van der Waals surface area contributed by atoms with Crippen LogP contribution in [0.25, 0.3) is 0 Å². The van der Waals surface area contributed by atoms with Gasteiger partial charge >= 0.3 is 0 Å². The van der Waals surface area contributed by atoms with Gasteiger partial charge in [0.05, 0.1) is 0 Å². The summed E-state index contributed by atoms with van der Waals surface area (Å²) in [5, 5.41) is 3.31. The molecule has 1 saturated carbocycles. The van der Waals surface area contributed by atoms with E-state index in [1.807, 2.05) is 17.9 Å². The van der Waals surface area contributed by atoms with E-state index in [0.717, 1.165) is 31.5 Å². The van der Waals surface area contributed by atoms with Gasteiger partial charge in [0, 0.05) is 43.0 Å². The minimum absolute atomic E-state index is 0.163. The van der Waals surface area contributed by atoms with E-state index < -0.39 is 6.43 Å². The van der Waals surface area contributed by atoms with Crippen LogP contribution in [0.5, 0.6) is 0 Å². The van der Waals surface area contributed by atoms with Crippen molar-refractivity contribution < 1.29 is 8.78 Å². The van der Waals surface area contributed by atoms with Gasteiger partial charge in [-0.1, -0.05) is 0 Å². The number of nitrogens with zero attached hydrogens (tertiary/aromatic N) is 5. The lowest BCUT2D eigenvalue weighted by molar-refractivity contribution is 0.145. The fourth-order valence-electron chi connectivity index (χ4n) is 3.06. The third-order valence-electron chi connectivity index (χ3n) is 4.56. The Kier molecular flexibility index (Phi) is 4.19. The van der Waals surface area contributed by atoms with Crippen LogP contribution in [0.4, 0.5) is 20.5 Å². The molecule has 0 aromatic carbocycles. The number of halogens is 2. The van der Waals surface area contributed by atoms with Crippen LogP contribution in [0.2, 0.25) is 0 Å². The molecule has 1 unspecified atom stereocenters. The molecular weight excluding hydrogens is 326 g/mol. The zero-order chi connectivity index (χ0) is 17.4. The minimum Gasteiger partial charge on any atom is -0.354 e. The Morgan fingerprint density at radius 2 is 2.04 bits per heavy atom. The first-order valence-electron chi connectivity index (χ1n) is 8.56. The summed E-state index contributed by atoms with van der Waals surface area (Å²) in [6, 6.07) is 3.43. The third-order valence-corrected chi connectivity index (χ3v) is 4.56. The number of alkyl halides is 2. The van der Waals surface area contributed by atoms with Crippen LogP contribution in [0.3, 0.4) is 0 Å². The van der Waals surface area contributed by atoms with Crippen molar-refractivity contribution in [2.45, 2.75) is 44.6 Å². The van der Waals surface area contributed by atoms with Crippen molar-refractivity contribution in [2.24, 2.45) is 0 Å². The van der Waals surface area contributed by atoms with Gasteiger partial charge in [-0.2, -0.15) is 0 Å². The average Bonchev–Trinajstić information content (AvgIpc) is 3.34. The molecule has 1 saturated heterocycles. The molecular formula is C17H20F2N6. The Morgan fingerprint density at radius 3 is 2.76 bits per heavy atom. The number of hydrogen-bond donors (Lipinski definition) is 1. The molecule has 0 radical (unpaired) electrons. The zero-order valence-corrected chi connectivity index (χ0v) is 14.0. The molecule has 0 amide bonds. The van der Waals surface area contributed by atoms with Gasteiger partial charge in [0.1, 0.15) is 17.3 Å². The SMILES string of the molecule is Cc1ccnc(NC2CCN(c3cc(C(F)F)nc(C4CC4)n3)C2)n1. The van der Waals surface area contributed by atoms with Gasteiger partial charge in [-0.25, -0.2) is 28.7 Å². The molecule has 25 heavy (non-hydrogen) atoms. The van der Waals surface area contributed by atoms with E-state index in [2.05, 4.69) is 25.3 Å². The molecule has 1 N–H and O–H groups in total. The summed E-state index contributed by atoms with van der Waals surface area (Å²) < 4.78 is 26.3. The Hall–Kier alpha value is -2.38. The summed E-state index contributed by atoms with van der Waals surface area (Å²) in [5.74, 6) is 2.00. The van der Waals surface area contributed by atoms with Crippen molar-refractivity contribution in [1.82, 2.24) is 19.9 Å². The first-order valence-corrected chi connectivity index (χ1v) is 8.56. The van der Waals surface area contributed by atoms with Gasteiger partial charge in [-0.05, 0) is 32.3 Å². The van der Waals surface area contributed by atoms with Crippen LogP contribution in [0, 0.1) is 6.92 Å². The topological polar surface area (TPSA) is 66.8 Å². The van der Waals surface area contributed by atoms with Crippen LogP contribution in [0.1, 0.15) is 48.8 Å². The number of hydrogen-bond acceptors (Lipinski definition) is 6. The van der Waals surface area contributed by atoms with Crippen molar-refractivity contribution in [3.8, 4) is 0 Å². The van der Waals surface area contributed by atoms with E-state index in [1.54, 1.807) is 6.20 Å². The highest BCUT2D eigenvalue weighted by molar-refractivity contribution is 5.44. The smallest absolute Gasteiger partial charge is 0.280 e. The number of nitrogens with one attached hydrogen (secondary N) is 1. The lowest BCUT2D eigenvalue weighted by Gasteiger charge is -2.19. The monoisotopic (exact) mass is 346 g/mol. The molecule has 0 bridgehead atoms. The molecule has 2 aromatic heterocycles. The first-order chi connectivity index (χ1) is 12.1. The van der Waals surface area contributed by atoms with Crippen LogP contribution in [0.15, 0.2) is 18.3 Å². The van der Waals surface area contributed by atoms with E-state index in [1.165, 1.54) is 6.07 Å². The van der Waals surface area contributed by atoms with E-state index in [4.69, 9.17) is 0 Å². The molecule has 4 rings (SSSR count). The summed E-state index contributed by atoms with van der Waals surface area (Å²) in [7, 11) is 0. The molecule has 0 spiro atoms. The van der Waals surface area contributed by atoms with Gasteiger partial charge in [-0.3, -0.25) is 0 Å². The van der Waals surface area contributed by atoms with Crippen molar-refractivity contribution >= 4 is 11.8 Å². The highest BCUT2D eigenvalue weighted by Gasteiger charge is 2.31. The molecule has 1 aliphatic heterocycles. The van der Waals surface area contributed by atoms with E-state index >= 15 is 0 Å². The maximum atomic E-state index is 13.2. The highest BCUT2D eigenvalue weighted by atomic mass is 19.3.